The first-order valence-corrected chi connectivity index (χ1v) is 8.66. The highest BCUT2D eigenvalue weighted by Gasteiger charge is 2.19. The van der Waals surface area contributed by atoms with Crippen LogP contribution in [0.15, 0.2) is 17.3 Å². The first-order chi connectivity index (χ1) is 9.05. The quantitative estimate of drug-likeness (QED) is 0.772. The molecule has 0 aliphatic heterocycles. The minimum Gasteiger partial charge on any atom is -0.444 e. The van der Waals surface area contributed by atoms with Crippen LogP contribution in [0.1, 0.15) is 27.7 Å². The third-order valence-corrected chi connectivity index (χ3v) is 4.68. The summed E-state index contributed by atoms with van der Waals surface area (Å²) in [5.41, 5.74) is -0.191. The van der Waals surface area contributed by atoms with E-state index in [1.54, 1.807) is 27.7 Å². The van der Waals surface area contributed by atoms with E-state index >= 15 is 0 Å². The summed E-state index contributed by atoms with van der Waals surface area (Å²) >= 11 is 1.94. The van der Waals surface area contributed by atoms with Gasteiger partial charge in [-0.2, -0.15) is 0 Å². The highest BCUT2D eigenvalue weighted by molar-refractivity contribution is 14.1. The molecular weight excluding hydrogens is 395 g/mol. The lowest BCUT2D eigenvalue weighted by molar-refractivity contribution is 0.0635. The fraction of sp³-hybridized carbons (Fsp3) is 0.500. The van der Waals surface area contributed by atoms with Gasteiger partial charge in [0, 0.05) is 3.57 Å². The van der Waals surface area contributed by atoms with Gasteiger partial charge in [0.2, 0.25) is 0 Å². The molecule has 0 saturated carbocycles. The molecule has 0 atom stereocenters. The summed E-state index contributed by atoms with van der Waals surface area (Å²) < 4.78 is 29.1. The Balaban J connectivity index is 2.93. The normalized spacial score (nSPS) is 12.1. The fourth-order valence-corrected chi connectivity index (χ4v) is 2.82. The van der Waals surface area contributed by atoms with E-state index in [9.17, 15) is 13.2 Å². The molecule has 1 aromatic heterocycles. The van der Waals surface area contributed by atoms with E-state index in [0.29, 0.717) is 9.26 Å². The molecule has 0 saturated heterocycles. The topological polar surface area (TPSA) is 85.4 Å². The zero-order chi connectivity index (χ0) is 15.6. The highest BCUT2D eigenvalue weighted by atomic mass is 127. The van der Waals surface area contributed by atoms with Crippen molar-refractivity contribution in [3.63, 3.8) is 0 Å². The second-order valence-corrected chi connectivity index (χ2v) is 8.42. The van der Waals surface area contributed by atoms with Gasteiger partial charge in [-0.15, -0.1) is 0 Å². The van der Waals surface area contributed by atoms with Crippen molar-refractivity contribution in [2.45, 2.75) is 38.3 Å². The van der Waals surface area contributed by atoms with E-state index < -0.39 is 21.5 Å². The molecule has 0 aliphatic carbocycles. The van der Waals surface area contributed by atoms with E-state index in [2.05, 4.69) is 10.3 Å². The Labute approximate surface area is 132 Å². The second-order valence-electron chi connectivity index (χ2n) is 5.03. The Bertz CT molecular complexity index is 608. The van der Waals surface area contributed by atoms with E-state index in [1.807, 2.05) is 22.6 Å². The maximum absolute atomic E-state index is 11.7. The van der Waals surface area contributed by atoms with Crippen molar-refractivity contribution in [3.8, 4) is 0 Å². The van der Waals surface area contributed by atoms with Crippen molar-refractivity contribution in [3.05, 3.63) is 15.8 Å². The lowest BCUT2D eigenvalue weighted by atomic mass is 10.2. The van der Waals surface area contributed by atoms with Crippen molar-refractivity contribution >= 4 is 44.2 Å². The second kappa shape index (κ2) is 6.25. The summed E-state index contributed by atoms with van der Waals surface area (Å²) in [5, 5.41) is 2.54. The van der Waals surface area contributed by atoms with Gasteiger partial charge in [0.05, 0.1) is 17.6 Å². The molecule has 0 aliphatic rings. The number of sulfone groups is 1. The molecule has 0 spiro atoms. The largest absolute Gasteiger partial charge is 0.444 e. The molecule has 1 amide bonds. The lowest BCUT2D eigenvalue weighted by Gasteiger charge is -2.20. The van der Waals surface area contributed by atoms with Gasteiger partial charge in [0.15, 0.2) is 14.9 Å². The molecule has 20 heavy (non-hydrogen) atoms. The van der Waals surface area contributed by atoms with Crippen LogP contribution in [0.5, 0.6) is 0 Å². The Morgan fingerprint density at radius 2 is 2.05 bits per heavy atom. The number of nitrogens with zero attached hydrogens (tertiary/aromatic N) is 1. The molecule has 6 nitrogen and oxygen atoms in total. The number of anilines is 1. The van der Waals surface area contributed by atoms with Gasteiger partial charge < -0.3 is 4.74 Å². The van der Waals surface area contributed by atoms with E-state index in [-0.39, 0.29) is 10.8 Å². The average molecular weight is 412 g/mol. The molecule has 0 bridgehead atoms. The summed E-state index contributed by atoms with van der Waals surface area (Å²) in [7, 11) is -3.35. The number of carbonyl (C=O) groups excluding carboxylic acids is 1. The van der Waals surface area contributed by atoms with E-state index in [1.165, 1.54) is 12.3 Å². The molecule has 8 heteroatoms. The zero-order valence-corrected chi connectivity index (χ0v) is 14.7. The van der Waals surface area contributed by atoms with E-state index in [0.717, 1.165) is 0 Å². The Kier molecular flexibility index (Phi) is 5.36. The number of pyridine rings is 1. The van der Waals surface area contributed by atoms with Crippen LogP contribution in [-0.4, -0.2) is 30.8 Å². The molecule has 112 valence electrons. The standard InChI is InChI=1S/C12H17IN2O4S/c1-5-20(17,18)10-6-8(13)9(7-14-10)15-11(16)19-12(2,3)4/h6-7H,5H2,1-4H3,(H,15,16). The number of aromatic nitrogens is 1. The van der Waals surface area contributed by atoms with Crippen LogP contribution < -0.4 is 5.32 Å². The number of halogens is 1. The molecule has 1 heterocycles. The Morgan fingerprint density at radius 1 is 1.45 bits per heavy atom. The van der Waals surface area contributed by atoms with Gasteiger partial charge in [0.1, 0.15) is 5.60 Å². The molecule has 1 rings (SSSR count). The third-order valence-electron chi connectivity index (χ3n) is 2.16. The third kappa shape index (κ3) is 4.89. The van der Waals surface area contributed by atoms with Gasteiger partial charge in [-0.3, -0.25) is 5.32 Å². The number of nitrogens with one attached hydrogen (secondary N) is 1. The van der Waals surface area contributed by atoms with E-state index in [4.69, 9.17) is 4.74 Å². The SMILES string of the molecule is CCS(=O)(=O)c1cc(I)c(NC(=O)OC(C)(C)C)cn1. The summed E-state index contributed by atoms with van der Waals surface area (Å²) in [5.74, 6) is -0.0189. The number of ether oxygens (including phenoxy) is 1. The lowest BCUT2D eigenvalue weighted by Crippen LogP contribution is -2.27. The minimum absolute atomic E-state index is 0.000797. The van der Waals surface area contributed by atoms with Gasteiger partial charge in [-0.1, -0.05) is 6.92 Å². The van der Waals surface area contributed by atoms with Crippen LogP contribution in [0.25, 0.3) is 0 Å². The van der Waals surface area contributed by atoms with Gasteiger partial charge in [0.25, 0.3) is 0 Å². The van der Waals surface area contributed by atoms with Crippen molar-refractivity contribution in [1.82, 2.24) is 4.98 Å². The maximum atomic E-state index is 11.7. The van der Waals surface area contributed by atoms with Gasteiger partial charge in [-0.25, -0.2) is 18.2 Å². The molecule has 0 aromatic carbocycles. The highest BCUT2D eigenvalue weighted by Crippen LogP contribution is 2.21. The van der Waals surface area contributed by atoms with Gasteiger partial charge >= 0.3 is 6.09 Å². The average Bonchev–Trinajstić information content (AvgIpc) is 2.29. The van der Waals surface area contributed by atoms with Crippen LogP contribution in [0.4, 0.5) is 10.5 Å². The Hall–Kier alpha value is -0.900. The van der Waals surface area contributed by atoms with Crippen LogP contribution >= 0.6 is 22.6 Å². The smallest absolute Gasteiger partial charge is 0.412 e. The van der Waals surface area contributed by atoms with Crippen LogP contribution in [-0.2, 0) is 14.6 Å². The van der Waals surface area contributed by atoms with Crippen molar-refractivity contribution < 1.29 is 17.9 Å². The number of amides is 1. The summed E-state index contributed by atoms with van der Waals surface area (Å²) in [6.45, 7) is 6.82. The first kappa shape index (κ1) is 17.2. The minimum atomic E-state index is -3.35. The molecule has 0 unspecified atom stereocenters. The molecule has 1 aromatic rings. The number of hydrogen-bond donors (Lipinski definition) is 1. The Morgan fingerprint density at radius 3 is 2.50 bits per heavy atom. The summed E-state index contributed by atoms with van der Waals surface area (Å²) in [4.78, 5) is 15.5. The van der Waals surface area contributed by atoms with Crippen molar-refractivity contribution in [2.24, 2.45) is 0 Å². The predicted molar refractivity (Wildman–Crippen MR) is 84.5 cm³/mol. The van der Waals surface area contributed by atoms with Crippen molar-refractivity contribution in [1.29, 1.82) is 0 Å². The van der Waals surface area contributed by atoms with Crippen LogP contribution in [0, 0.1) is 3.57 Å². The number of rotatable bonds is 3. The molecule has 0 radical (unpaired) electrons. The fourth-order valence-electron chi connectivity index (χ4n) is 1.24. The molecule has 1 N–H and O–H groups in total. The number of carbonyl (C=O) groups is 1. The monoisotopic (exact) mass is 412 g/mol. The van der Waals surface area contributed by atoms with Crippen LogP contribution in [0.2, 0.25) is 0 Å². The van der Waals surface area contributed by atoms with Crippen LogP contribution in [0.3, 0.4) is 0 Å². The molecule has 0 fully saturated rings. The molecular formula is C12H17IN2O4S. The zero-order valence-electron chi connectivity index (χ0n) is 11.7. The van der Waals surface area contributed by atoms with Gasteiger partial charge in [-0.05, 0) is 49.4 Å². The summed E-state index contributed by atoms with van der Waals surface area (Å²) in [6.07, 6.45) is 0.706. The predicted octanol–water partition coefficient (Wildman–Crippen LogP) is 2.83. The number of hydrogen-bond acceptors (Lipinski definition) is 5. The maximum Gasteiger partial charge on any atom is 0.412 e. The first-order valence-electron chi connectivity index (χ1n) is 5.93. The summed E-state index contributed by atoms with van der Waals surface area (Å²) in [6, 6.07) is 1.42. The van der Waals surface area contributed by atoms with Crippen molar-refractivity contribution in [2.75, 3.05) is 11.1 Å².